The highest BCUT2D eigenvalue weighted by atomic mass is 35.5. The quantitative estimate of drug-likeness (QED) is 0.808. The monoisotopic (exact) mass is 346 g/mol. The van der Waals surface area contributed by atoms with Crippen molar-refractivity contribution in [2.45, 2.75) is 36.7 Å². The molecule has 0 spiro atoms. The molecule has 0 aromatic heterocycles. The Bertz CT molecular complexity index is 663. The highest BCUT2D eigenvalue weighted by Crippen LogP contribution is 2.24. The largest absolute Gasteiger partial charge is 0.465 e. The van der Waals surface area contributed by atoms with E-state index in [2.05, 4.69) is 14.8 Å². The molecule has 8 heteroatoms. The van der Waals surface area contributed by atoms with Gasteiger partial charge in [0.2, 0.25) is 10.0 Å². The van der Waals surface area contributed by atoms with E-state index in [-0.39, 0.29) is 27.6 Å². The van der Waals surface area contributed by atoms with Crippen LogP contribution in [0, 0.1) is 0 Å². The molecule has 1 aliphatic rings. The fourth-order valence-electron chi connectivity index (χ4n) is 2.43. The van der Waals surface area contributed by atoms with Crippen LogP contribution in [0.15, 0.2) is 23.1 Å². The summed E-state index contributed by atoms with van der Waals surface area (Å²) in [4.78, 5) is 11.4. The van der Waals surface area contributed by atoms with Gasteiger partial charge in [-0.2, -0.15) is 0 Å². The van der Waals surface area contributed by atoms with Gasteiger partial charge < -0.3 is 10.1 Å². The third kappa shape index (κ3) is 3.78. The molecule has 0 bridgehead atoms. The zero-order valence-corrected chi connectivity index (χ0v) is 14.0. The Labute approximate surface area is 135 Å². The lowest BCUT2D eigenvalue weighted by molar-refractivity contribution is 0.0600. The van der Waals surface area contributed by atoms with Crippen molar-refractivity contribution in [2.75, 3.05) is 13.7 Å². The third-order valence-electron chi connectivity index (χ3n) is 3.71. The van der Waals surface area contributed by atoms with E-state index in [1.54, 1.807) is 0 Å². The van der Waals surface area contributed by atoms with Crippen molar-refractivity contribution in [3.63, 3.8) is 0 Å². The van der Waals surface area contributed by atoms with Crippen molar-refractivity contribution in [1.82, 2.24) is 10.0 Å². The van der Waals surface area contributed by atoms with Crippen LogP contribution in [0.4, 0.5) is 0 Å². The van der Waals surface area contributed by atoms with Gasteiger partial charge in [0.15, 0.2) is 0 Å². The van der Waals surface area contributed by atoms with Gasteiger partial charge in [0.1, 0.15) is 4.90 Å². The molecule has 0 amide bonds. The molecule has 122 valence electrons. The number of sulfonamides is 1. The van der Waals surface area contributed by atoms with E-state index in [1.807, 2.05) is 6.92 Å². The highest BCUT2D eigenvalue weighted by Gasteiger charge is 2.28. The van der Waals surface area contributed by atoms with Crippen molar-refractivity contribution in [1.29, 1.82) is 0 Å². The van der Waals surface area contributed by atoms with Crippen molar-refractivity contribution in [2.24, 2.45) is 0 Å². The smallest absolute Gasteiger partial charge is 0.337 e. The number of methoxy groups -OCH3 is 1. The van der Waals surface area contributed by atoms with Crippen LogP contribution in [0.5, 0.6) is 0 Å². The number of benzene rings is 1. The Morgan fingerprint density at radius 1 is 1.45 bits per heavy atom. The number of rotatable bonds is 4. The van der Waals surface area contributed by atoms with Crippen molar-refractivity contribution in [3.05, 3.63) is 28.8 Å². The van der Waals surface area contributed by atoms with Crippen LogP contribution in [0.3, 0.4) is 0 Å². The minimum absolute atomic E-state index is 0.00757. The predicted octanol–water partition coefficient (Wildman–Crippen LogP) is 1.55. The van der Waals surface area contributed by atoms with Crippen LogP contribution >= 0.6 is 11.6 Å². The number of ether oxygens (including phenoxy) is 1. The molecule has 1 aromatic rings. The Kier molecular flexibility index (Phi) is 5.44. The van der Waals surface area contributed by atoms with Crippen molar-refractivity contribution < 1.29 is 17.9 Å². The number of carbonyl (C=O) groups excluding carboxylic acids is 1. The van der Waals surface area contributed by atoms with Crippen LogP contribution < -0.4 is 10.0 Å². The molecule has 2 N–H and O–H groups in total. The molecule has 22 heavy (non-hydrogen) atoms. The first-order chi connectivity index (χ1) is 10.3. The van der Waals surface area contributed by atoms with Gasteiger partial charge in [-0.1, -0.05) is 11.6 Å². The molecule has 2 rings (SSSR count). The topological polar surface area (TPSA) is 84.5 Å². The van der Waals surface area contributed by atoms with Gasteiger partial charge in [-0.15, -0.1) is 0 Å². The summed E-state index contributed by atoms with van der Waals surface area (Å²) in [7, 11) is -2.50. The average molecular weight is 347 g/mol. The lowest BCUT2D eigenvalue weighted by Gasteiger charge is -2.30. The second-order valence-corrected chi connectivity index (χ2v) is 7.34. The van der Waals surface area contributed by atoms with Gasteiger partial charge >= 0.3 is 5.97 Å². The molecule has 1 fully saturated rings. The number of halogens is 1. The lowest BCUT2D eigenvalue weighted by Crippen LogP contribution is -2.51. The number of esters is 1. The third-order valence-corrected chi connectivity index (χ3v) is 5.68. The average Bonchev–Trinajstić information content (AvgIpc) is 2.48. The van der Waals surface area contributed by atoms with Gasteiger partial charge in [0.25, 0.3) is 0 Å². The van der Waals surface area contributed by atoms with E-state index in [1.165, 1.54) is 25.3 Å². The molecular weight excluding hydrogens is 328 g/mol. The molecule has 2 unspecified atom stereocenters. The molecule has 0 radical (unpaired) electrons. The number of hydrogen-bond acceptors (Lipinski definition) is 5. The Morgan fingerprint density at radius 2 is 2.18 bits per heavy atom. The Balaban J connectivity index is 2.24. The summed E-state index contributed by atoms with van der Waals surface area (Å²) in [5.41, 5.74) is 0.208. The molecule has 0 aliphatic carbocycles. The van der Waals surface area contributed by atoms with E-state index in [9.17, 15) is 13.2 Å². The number of carbonyl (C=O) groups is 1. The van der Waals surface area contributed by atoms with Crippen molar-refractivity contribution in [3.8, 4) is 0 Å². The van der Waals surface area contributed by atoms with Gasteiger partial charge in [0.05, 0.1) is 17.7 Å². The van der Waals surface area contributed by atoms with Crippen molar-refractivity contribution >= 4 is 27.6 Å². The molecule has 2 atom stereocenters. The standard InChI is InChI=1S/C14H19ClN2O4S/c1-9-12(4-3-7-16-9)17-22(19,20)13-6-5-10(8-11(13)15)14(18)21-2/h5-6,8-9,12,16-17H,3-4,7H2,1-2H3. The first-order valence-corrected chi connectivity index (χ1v) is 8.85. The van der Waals surface area contributed by atoms with Crippen LogP contribution in [0.25, 0.3) is 0 Å². The molecule has 0 saturated carbocycles. The highest BCUT2D eigenvalue weighted by molar-refractivity contribution is 7.89. The fourth-order valence-corrected chi connectivity index (χ4v) is 4.33. The summed E-state index contributed by atoms with van der Waals surface area (Å²) in [5.74, 6) is -0.566. The number of nitrogens with one attached hydrogen (secondary N) is 2. The van der Waals surface area contributed by atoms with E-state index in [0.29, 0.717) is 0 Å². The Morgan fingerprint density at radius 3 is 2.77 bits per heavy atom. The van der Waals surface area contributed by atoms with Crippen LogP contribution in [-0.2, 0) is 14.8 Å². The Hall–Kier alpha value is -1.15. The minimum Gasteiger partial charge on any atom is -0.465 e. The summed E-state index contributed by atoms with van der Waals surface area (Å²) < 4.78 is 32.2. The molecular formula is C14H19ClN2O4S. The zero-order valence-electron chi connectivity index (χ0n) is 12.4. The van der Waals surface area contributed by atoms with E-state index < -0.39 is 16.0 Å². The first-order valence-electron chi connectivity index (χ1n) is 6.98. The molecule has 6 nitrogen and oxygen atoms in total. The van der Waals surface area contributed by atoms with Gasteiger partial charge in [-0.3, -0.25) is 0 Å². The van der Waals surface area contributed by atoms with Crippen LogP contribution in [0.2, 0.25) is 5.02 Å². The summed E-state index contributed by atoms with van der Waals surface area (Å²) in [6, 6.07) is 3.86. The van der Waals surface area contributed by atoms with Gasteiger partial charge in [0, 0.05) is 12.1 Å². The van der Waals surface area contributed by atoms with E-state index in [4.69, 9.17) is 11.6 Å². The molecule has 1 aromatic carbocycles. The van der Waals surface area contributed by atoms with E-state index in [0.717, 1.165) is 19.4 Å². The number of piperidine rings is 1. The summed E-state index contributed by atoms with van der Waals surface area (Å²) in [6.45, 7) is 2.82. The van der Waals surface area contributed by atoms with Crippen LogP contribution in [-0.4, -0.2) is 40.1 Å². The maximum absolute atomic E-state index is 12.5. The second-order valence-electron chi connectivity index (χ2n) is 5.25. The molecule has 1 saturated heterocycles. The second kappa shape index (κ2) is 6.95. The maximum atomic E-state index is 12.5. The SMILES string of the molecule is COC(=O)c1ccc(S(=O)(=O)NC2CCCNC2C)c(Cl)c1. The zero-order chi connectivity index (χ0) is 16.3. The first kappa shape index (κ1) is 17.2. The van der Waals surface area contributed by atoms with Gasteiger partial charge in [-0.25, -0.2) is 17.9 Å². The predicted molar refractivity (Wildman–Crippen MR) is 83.6 cm³/mol. The minimum atomic E-state index is -3.75. The van der Waals surface area contributed by atoms with Crippen LogP contribution in [0.1, 0.15) is 30.1 Å². The molecule has 1 aliphatic heterocycles. The summed E-state index contributed by atoms with van der Waals surface area (Å²) in [6.07, 6.45) is 1.68. The maximum Gasteiger partial charge on any atom is 0.337 e. The number of hydrogen-bond donors (Lipinski definition) is 2. The lowest BCUT2D eigenvalue weighted by atomic mass is 10.0. The normalized spacial score (nSPS) is 22.3. The molecule has 1 heterocycles. The van der Waals surface area contributed by atoms with E-state index >= 15 is 0 Å². The van der Waals surface area contributed by atoms with Gasteiger partial charge in [-0.05, 0) is 44.5 Å². The summed E-state index contributed by atoms with van der Waals surface area (Å²) >= 11 is 6.03. The fraction of sp³-hybridized carbons (Fsp3) is 0.500. The summed E-state index contributed by atoms with van der Waals surface area (Å²) in [5, 5.41) is 3.22.